The lowest BCUT2D eigenvalue weighted by molar-refractivity contribution is 0.669. The zero-order valence-electron chi connectivity index (χ0n) is 34.8. The highest BCUT2D eigenvalue weighted by molar-refractivity contribution is 6.11. The summed E-state index contributed by atoms with van der Waals surface area (Å²) in [6.07, 6.45) is 0. The van der Waals surface area contributed by atoms with E-state index in [2.05, 4.69) is 89.5 Å². The van der Waals surface area contributed by atoms with E-state index in [4.69, 9.17) is 26.2 Å². The van der Waals surface area contributed by atoms with Gasteiger partial charge in [-0.3, -0.25) is 0 Å². The predicted octanol–water partition coefficient (Wildman–Crippen LogP) is 13.2. The van der Waals surface area contributed by atoms with Crippen molar-refractivity contribution in [3.8, 4) is 62.1 Å². The van der Waals surface area contributed by atoms with Crippen LogP contribution in [0.2, 0.25) is 0 Å². The number of fused-ring (bicyclic) bond motifs is 6. The number of hydrogen-bond donors (Lipinski definition) is 0. The quantitative estimate of drug-likeness (QED) is 0.172. The molecule has 0 saturated carbocycles. The molecule has 56 heavy (non-hydrogen) atoms. The Morgan fingerprint density at radius 3 is 1.71 bits per heavy atom. The van der Waals surface area contributed by atoms with Gasteiger partial charge in [0.25, 0.3) is 0 Å². The highest BCUT2D eigenvalue weighted by atomic mass is 16.3. The largest absolute Gasteiger partial charge is 0.456 e. The molecule has 11 aromatic rings. The third-order valence-corrected chi connectivity index (χ3v) is 10.4. The van der Waals surface area contributed by atoms with Crippen LogP contribution in [0.3, 0.4) is 0 Å². The number of rotatable bonds is 6. The van der Waals surface area contributed by atoms with E-state index in [1.807, 2.05) is 54.6 Å². The first kappa shape index (κ1) is 27.0. The Balaban J connectivity index is 1.01. The molecule has 0 saturated heterocycles. The van der Waals surface area contributed by atoms with Gasteiger partial charge in [-0.25, -0.2) is 15.0 Å². The van der Waals surface area contributed by atoms with Crippen LogP contribution < -0.4 is 0 Å². The summed E-state index contributed by atoms with van der Waals surface area (Å²) in [4.78, 5) is 14.7. The summed E-state index contributed by atoms with van der Waals surface area (Å²) in [5.74, 6) is 1.37. The van der Waals surface area contributed by atoms with E-state index < -0.39 is 6.04 Å². The van der Waals surface area contributed by atoms with Crippen LogP contribution in [-0.2, 0) is 0 Å². The number of furan rings is 1. The van der Waals surface area contributed by atoms with Gasteiger partial charge in [0.1, 0.15) is 11.2 Å². The lowest BCUT2D eigenvalue weighted by Gasteiger charge is -2.09. The third-order valence-electron chi connectivity index (χ3n) is 10.4. The summed E-state index contributed by atoms with van der Waals surface area (Å²) >= 11 is 0. The van der Waals surface area contributed by atoms with Crippen LogP contribution in [-0.4, -0.2) is 19.5 Å². The Hall–Kier alpha value is -7.63. The Labute approximate surface area is 329 Å². The molecule has 8 aromatic carbocycles. The van der Waals surface area contributed by atoms with Gasteiger partial charge in [-0.2, -0.15) is 0 Å². The molecule has 0 N–H and O–H groups in total. The Morgan fingerprint density at radius 2 is 0.946 bits per heavy atom. The second-order valence-corrected chi connectivity index (χ2v) is 13.7. The average molecular weight is 722 g/mol. The van der Waals surface area contributed by atoms with Crippen molar-refractivity contribution in [2.75, 3.05) is 0 Å². The first-order chi connectivity index (χ1) is 29.8. The van der Waals surface area contributed by atoms with Gasteiger partial charge in [-0.05, 0) is 64.7 Å². The van der Waals surface area contributed by atoms with Gasteiger partial charge in [-0.15, -0.1) is 0 Å². The second kappa shape index (κ2) is 13.0. The molecule has 0 aliphatic rings. The number of aromatic nitrogens is 4. The fraction of sp³-hybridized carbons (Fsp3) is 0. The van der Waals surface area contributed by atoms with Crippen LogP contribution in [0.15, 0.2) is 198 Å². The molecule has 0 spiro atoms. The van der Waals surface area contributed by atoms with E-state index in [1.165, 1.54) is 16.3 Å². The summed E-state index contributed by atoms with van der Waals surface area (Å²) in [7, 11) is 0. The van der Waals surface area contributed by atoms with Crippen molar-refractivity contribution in [3.05, 3.63) is 194 Å². The highest BCUT2D eigenvalue weighted by Gasteiger charge is 2.18. The molecular weight excluding hydrogens is 685 g/mol. The summed E-state index contributed by atoms with van der Waals surface area (Å²) < 4.78 is 50.0. The van der Waals surface area contributed by atoms with Crippen LogP contribution in [0.1, 0.15) is 6.85 Å². The van der Waals surface area contributed by atoms with Gasteiger partial charge < -0.3 is 8.98 Å². The van der Waals surface area contributed by atoms with E-state index in [-0.39, 0.29) is 29.7 Å². The molecule has 3 aromatic heterocycles. The monoisotopic (exact) mass is 721 g/mol. The summed E-state index contributed by atoms with van der Waals surface area (Å²) in [6, 6.07) is 53.1. The average Bonchev–Trinajstić information content (AvgIpc) is 3.85. The molecule has 3 heterocycles. The molecule has 0 aliphatic carbocycles. The van der Waals surface area contributed by atoms with E-state index in [9.17, 15) is 0 Å². The van der Waals surface area contributed by atoms with Gasteiger partial charge in [0.05, 0.1) is 17.9 Å². The SMILES string of the molecule is [2H]c1c([2H])c([2H])c(-c2ccc(-c3nc(-c4ccccc4)nc(-c4ccc5c(c4)oc4ccc(-n6c7ccccc7c7ccc(-c8ccccc8)cc76)cc45)n3)cc2)c([2H])c1[2H]. The third kappa shape index (κ3) is 5.45. The molecule has 0 atom stereocenters. The number of benzene rings is 8. The van der Waals surface area contributed by atoms with Gasteiger partial charge in [0, 0.05) is 43.9 Å². The number of hydrogen-bond acceptors (Lipinski definition) is 4. The second-order valence-electron chi connectivity index (χ2n) is 13.7. The molecule has 5 heteroatoms. The lowest BCUT2D eigenvalue weighted by atomic mass is 10.0. The summed E-state index contributed by atoms with van der Waals surface area (Å²) in [6.45, 7) is 0. The van der Waals surface area contributed by atoms with E-state index in [0.29, 0.717) is 34.2 Å². The maximum atomic E-state index is 8.45. The molecule has 262 valence electrons. The molecule has 11 rings (SSSR count). The Kier molecular flexibility index (Phi) is 6.29. The van der Waals surface area contributed by atoms with E-state index in [1.54, 1.807) is 24.3 Å². The van der Waals surface area contributed by atoms with E-state index >= 15 is 0 Å². The zero-order chi connectivity index (χ0) is 41.4. The number of nitrogens with zero attached hydrogens (tertiary/aromatic N) is 4. The van der Waals surface area contributed by atoms with Crippen LogP contribution in [0.5, 0.6) is 0 Å². The van der Waals surface area contributed by atoms with Crippen LogP contribution in [0.25, 0.3) is 106 Å². The molecule has 0 unspecified atom stereocenters. The van der Waals surface area contributed by atoms with Crippen molar-refractivity contribution in [1.29, 1.82) is 0 Å². The predicted molar refractivity (Wildman–Crippen MR) is 229 cm³/mol. The molecule has 0 aliphatic heterocycles. The minimum Gasteiger partial charge on any atom is -0.456 e. The van der Waals surface area contributed by atoms with Crippen molar-refractivity contribution in [2.24, 2.45) is 0 Å². The minimum absolute atomic E-state index is 0.136. The molecule has 0 amide bonds. The van der Waals surface area contributed by atoms with Crippen molar-refractivity contribution in [1.82, 2.24) is 19.5 Å². The normalized spacial score (nSPS) is 12.8. The summed E-state index contributed by atoms with van der Waals surface area (Å²) in [5, 5.41) is 4.33. The smallest absolute Gasteiger partial charge is 0.164 e. The number of para-hydroxylation sites is 1. The maximum Gasteiger partial charge on any atom is 0.164 e. The van der Waals surface area contributed by atoms with Crippen LogP contribution >= 0.6 is 0 Å². The fourth-order valence-electron chi connectivity index (χ4n) is 7.63. The van der Waals surface area contributed by atoms with Gasteiger partial charge in [0.2, 0.25) is 0 Å². The van der Waals surface area contributed by atoms with Crippen molar-refractivity contribution < 1.29 is 11.3 Å². The molecule has 0 bridgehead atoms. The first-order valence-corrected chi connectivity index (χ1v) is 18.4. The minimum atomic E-state index is -0.427. The highest BCUT2D eigenvalue weighted by Crippen LogP contribution is 2.38. The van der Waals surface area contributed by atoms with E-state index in [0.717, 1.165) is 49.8 Å². The Morgan fingerprint density at radius 1 is 0.375 bits per heavy atom. The molecule has 0 fully saturated rings. The molecular formula is C51H32N4O. The maximum absolute atomic E-state index is 8.45. The van der Waals surface area contributed by atoms with Gasteiger partial charge in [-0.1, -0.05) is 152 Å². The van der Waals surface area contributed by atoms with Gasteiger partial charge in [0.15, 0.2) is 17.5 Å². The Bertz CT molecular complexity index is 3500. The van der Waals surface area contributed by atoms with Crippen molar-refractivity contribution in [2.45, 2.75) is 0 Å². The topological polar surface area (TPSA) is 56.7 Å². The fourth-order valence-corrected chi connectivity index (χ4v) is 7.63. The van der Waals surface area contributed by atoms with Crippen molar-refractivity contribution >= 4 is 43.7 Å². The van der Waals surface area contributed by atoms with Crippen LogP contribution in [0, 0.1) is 0 Å². The zero-order valence-corrected chi connectivity index (χ0v) is 29.8. The molecule has 0 radical (unpaired) electrons. The van der Waals surface area contributed by atoms with Crippen molar-refractivity contribution in [3.63, 3.8) is 0 Å². The lowest BCUT2D eigenvalue weighted by Crippen LogP contribution is -2.00. The first-order valence-electron chi connectivity index (χ1n) is 20.9. The van der Waals surface area contributed by atoms with Gasteiger partial charge >= 0.3 is 0 Å². The van der Waals surface area contributed by atoms with Crippen LogP contribution in [0.4, 0.5) is 0 Å². The standard InChI is InChI=1S/C51H32N4O/c1-4-12-33(13-5-1)35-20-22-37(23-21-35)50-52-49(36-16-8-3-9-17-36)53-51(54-50)39-25-28-43-44-32-40(26-29-47(44)56-48(43)31-39)55-45-19-11-10-18-41(45)42-27-24-38(30-46(42)55)34-14-6-2-7-15-34/h1-32H/i1D,4D,5D,12D,13D. The molecule has 5 nitrogen and oxygen atoms in total. The summed E-state index contributed by atoms with van der Waals surface area (Å²) in [5.41, 5.74) is 9.94.